The highest BCUT2D eigenvalue weighted by Gasteiger charge is 2.61. The van der Waals surface area contributed by atoms with Crippen molar-refractivity contribution in [3.8, 4) is 0 Å². The number of benzene rings is 3. The van der Waals surface area contributed by atoms with E-state index in [9.17, 15) is 14.0 Å². The van der Waals surface area contributed by atoms with Gasteiger partial charge in [-0.1, -0.05) is 60.7 Å². The van der Waals surface area contributed by atoms with Crippen LogP contribution in [0.5, 0.6) is 0 Å². The molecular formula is C34H40FN3O2. The molecule has 6 heteroatoms. The van der Waals surface area contributed by atoms with Crippen molar-refractivity contribution < 1.29 is 14.0 Å². The second kappa shape index (κ2) is 11.5. The molecule has 1 saturated heterocycles. The molecule has 1 saturated carbocycles. The normalized spacial score (nSPS) is 21.9. The molecule has 0 spiro atoms. The number of nitrogens with one attached hydrogen (secondary N) is 2. The molecule has 2 amide bonds. The molecule has 1 aliphatic heterocycles. The number of carbonyl (C=O) groups excluding carboxylic acids is 2. The number of likely N-dealkylation sites (tertiary alicyclic amines) is 1. The molecule has 3 aromatic carbocycles. The van der Waals surface area contributed by atoms with E-state index in [0.717, 1.165) is 55.6 Å². The minimum absolute atomic E-state index is 0.00874. The third-order valence-electron chi connectivity index (χ3n) is 9.07. The Morgan fingerprint density at radius 3 is 2.27 bits per heavy atom. The molecule has 1 aliphatic carbocycles. The van der Waals surface area contributed by atoms with Crippen LogP contribution in [0.1, 0.15) is 54.0 Å². The molecule has 2 unspecified atom stereocenters. The highest BCUT2D eigenvalue weighted by Crippen LogP contribution is 2.55. The minimum Gasteiger partial charge on any atom is -0.355 e. The van der Waals surface area contributed by atoms with Gasteiger partial charge in [0.15, 0.2) is 0 Å². The average molecular weight is 542 g/mol. The molecule has 1 heterocycles. The largest absolute Gasteiger partial charge is 0.355 e. The van der Waals surface area contributed by atoms with Crippen LogP contribution >= 0.6 is 0 Å². The van der Waals surface area contributed by atoms with E-state index in [-0.39, 0.29) is 29.1 Å². The molecule has 2 N–H and O–H groups in total. The summed E-state index contributed by atoms with van der Waals surface area (Å²) in [7, 11) is 0. The fourth-order valence-electron chi connectivity index (χ4n) is 6.47. The van der Waals surface area contributed by atoms with Gasteiger partial charge in [-0.3, -0.25) is 9.59 Å². The molecule has 0 aromatic heterocycles. The van der Waals surface area contributed by atoms with E-state index in [0.29, 0.717) is 13.0 Å². The Bertz CT molecular complexity index is 1350. The summed E-state index contributed by atoms with van der Waals surface area (Å²) in [5, 5.41) is 6.47. The Morgan fingerprint density at radius 2 is 1.62 bits per heavy atom. The highest BCUT2D eigenvalue weighted by atomic mass is 19.1. The van der Waals surface area contributed by atoms with Crippen molar-refractivity contribution in [2.24, 2.45) is 5.92 Å². The summed E-state index contributed by atoms with van der Waals surface area (Å²) in [6.07, 6.45) is 3.16. The summed E-state index contributed by atoms with van der Waals surface area (Å²) in [6.45, 7) is 8.88. The Hall–Kier alpha value is -3.51. The van der Waals surface area contributed by atoms with E-state index in [1.54, 1.807) is 19.1 Å². The van der Waals surface area contributed by atoms with Crippen LogP contribution in [0.15, 0.2) is 72.8 Å². The Morgan fingerprint density at radius 1 is 0.925 bits per heavy atom. The lowest BCUT2D eigenvalue weighted by atomic mass is 9.80. The molecule has 40 heavy (non-hydrogen) atoms. The molecule has 5 nitrogen and oxygen atoms in total. The van der Waals surface area contributed by atoms with Gasteiger partial charge < -0.3 is 15.5 Å². The quantitative estimate of drug-likeness (QED) is 0.392. The lowest BCUT2D eigenvalue weighted by Crippen LogP contribution is -2.53. The lowest BCUT2D eigenvalue weighted by Gasteiger charge is -2.43. The molecule has 0 bridgehead atoms. The fraction of sp³-hybridized carbons (Fsp3) is 0.412. The first-order chi connectivity index (χ1) is 19.2. The zero-order valence-corrected chi connectivity index (χ0v) is 23.8. The van der Waals surface area contributed by atoms with E-state index in [2.05, 4.69) is 59.7 Å². The van der Waals surface area contributed by atoms with Gasteiger partial charge >= 0.3 is 0 Å². The second-order valence-electron chi connectivity index (χ2n) is 11.7. The van der Waals surface area contributed by atoms with Crippen molar-refractivity contribution in [2.75, 3.05) is 26.2 Å². The third-order valence-corrected chi connectivity index (χ3v) is 9.07. The second-order valence-corrected chi connectivity index (χ2v) is 11.7. The summed E-state index contributed by atoms with van der Waals surface area (Å²) >= 11 is 0. The predicted octanol–water partition coefficient (Wildman–Crippen LogP) is 5.19. The summed E-state index contributed by atoms with van der Waals surface area (Å²) in [5.74, 6) is 0.0471. The summed E-state index contributed by atoms with van der Waals surface area (Å²) in [5.41, 5.74) is 4.78. The van der Waals surface area contributed by atoms with Crippen LogP contribution in [0, 0.1) is 25.6 Å². The van der Waals surface area contributed by atoms with Crippen LogP contribution in [0.2, 0.25) is 0 Å². The first-order valence-electron chi connectivity index (χ1n) is 14.4. The van der Waals surface area contributed by atoms with Gasteiger partial charge in [0.1, 0.15) is 5.82 Å². The predicted molar refractivity (Wildman–Crippen MR) is 156 cm³/mol. The van der Waals surface area contributed by atoms with E-state index in [1.807, 2.05) is 18.2 Å². The van der Waals surface area contributed by atoms with Crippen molar-refractivity contribution in [1.29, 1.82) is 0 Å². The van der Waals surface area contributed by atoms with Gasteiger partial charge in [-0.2, -0.15) is 0 Å². The Labute approximate surface area is 237 Å². The van der Waals surface area contributed by atoms with E-state index in [1.165, 1.54) is 23.3 Å². The Balaban J connectivity index is 1.28. The third kappa shape index (κ3) is 5.83. The summed E-state index contributed by atoms with van der Waals surface area (Å²) in [4.78, 5) is 28.4. The molecule has 2 aliphatic rings. The number of rotatable bonds is 9. The summed E-state index contributed by atoms with van der Waals surface area (Å²) in [6, 6.07) is 23.2. The molecule has 0 radical (unpaired) electrons. The van der Waals surface area contributed by atoms with Gasteiger partial charge in [-0.15, -0.1) is 0 Å². The maximum atomic E-state index is 13.8. The zero-order valence-electron chi connectivity index (χ0n) is 23.8. The van der Waals surface area contributed by atoms with Gasteiger partial charge in [0.2, 0.25) is 11.8 Å². The number of hydrogen-bond donors (Lipinski definition) is 2. The zero-order chi connectivity index (χ0) is 28.3. The van der Waals surface area contributed by atoms with Gasteiger partial charge in [-0.25, -0.2) is 4.39 Å². The van der Waals surface area contributed by atoms with Gasteiger partial charge in [0.25, 0.3) is 0 Å². The van der Waals surface area contributed by atoms with Crippen LogP contribution < -0.4 is 10.6 Å². The molecule has 5 rings (SSSR count). The van der Waals surface area contributed by atoms with Crippen molar-refractivity contribution >= 4 is 11.8 Å². The van der Waals surface area contributed by atoms with Crippen molar-refractivity contribution in [3.05, 3.63) is 106 Å². The maximum absolute atomic E-state index is 13.8. The Kier molecular flexibility index (Phi) is 8.09. The van der Waals surface area contributed by atoms with Crippen LogP contribution in [-0.4, -0.2) is 42.9 Å². The van der Waals surface area contributed by atoms with Crippen molar-refractivity contribution in [1.82, 2.24) is 15.5 Å². The number of aryl methyl sites for hydroxylation is 2. The topological polar surface area (TPSA) is 61.4 Å². The number of carbonyl (C=O) groups is 2. The molecule has 3 aromatic rings. The number of piperidine rings is 1. The van der Waals surface area contributed by atoms with Gasteiger partial charge in [-0.05, 0) is 85.4 Å². The first kappa shape index (κ1) is 28.0. The van der Waals surface area contributed by atoms with Crippen LogP contribution in [0.25, 0.3) is 0 Å². The molecular weight excluding hydrogens is 501 g/mol. The fourth-order valence-corrected chi connectivity index (χ4v) is 6.47. The van der Waals surface area contributed by atoms with Crippen molar-refractivity contribution in [3.63, 3.8) is 0 Å². The number of hydrogen-bond acceptors (Lipinski definition) is 3. The smallest absolute Gasteiger partial charge is 0.231 e. The first-order valence-corrected chi connectivity index (χ1v) is 14.4. The summed E-state index contributed by atoms with van der Waals surface area (Å²) < 4.78 is 13.3. The SMILES string of the molecule is CC(=O)NC1(c2ccccc2)CCN(CC2CC2(C(=O)NCCc2ccc(F)cc2)c2ccc(C)c(C)c2)CC1. The average Bonchev–Trinajstić information content (AvgIpc) is 3.67. The lowest BCUT2D eigenvalue weighted by molar-refractivity contribution is -0.124. The standard InChI is InChI=1S/C34H40FN3O2/c1-24-9-12-29(21-25(24)2)34(32(40)36-18-15-27-10-13-31(35)14-11-27)22-30(34)23-38-19-16-33(17-20-38,37-26(3)39)28-7-5-4-6-8-28/h4-14,21,30H,15-20,22-23H2,1-3H3,(H,36,40)(H,37,39). The molecule has 210 valence electrons. The van der Waals surface area contributed by atoms with E-state index < -0.39 is 5.41 Å². The number of nitrogens with zero attached hydrogens (tertiary/aromatic N) is 1. The van der Waals surface area contributed by atoms with Crippen LogP contribution in [0.4, 0.5) is 4.39 Å². The number of halogens is 1. The van der Waals surface area contributed by atoms with Crippen molar-refractivity contribution in [2.45, 2.75) is 57.4 Å². The number of amides is 2. The van der Waals surface area contributed by atoms with E-state index in [4.69, 9.17) is 0 Å². The highest BCUT2D eigenvalue weighted by molar-refractivity contribution is 5.92. The van der Waals surface area contributed by atoms with Crippen LogP contribution in [0.3, 0.4) is 0 Å². The minimum atomic E-state index is -0.535. The maximum Gasteiger partial charge on any atom is 0.231 e. The monoisotopic (exact) mass is 541 g/mol. The molecule has 2 fully saturated rings. The van der Waals surface area contributed by atoms with Crippen LogP contribution in [-0.2, 0) is 27.0 Å². The van der Waals surface area contributed by atoms with Gasteiger partial charge in [0, 0.05) is 33.1 Å². The van der Waals surface area contributed by atoms with E-state index >= 15 is 0 Å². The molecule has 2 atom stereocenters. The van der Waals surface area contributed by atoms with Gasteiger partial charge in [0.05, 0.1) is 11.0 Å².